The van der Waals surface area contributed by atoms with Crippen molar-refractivity contribution in [3.8, 4) is 0 Å². The Morgan fingerprint density at radius 1 is 1.33 bits per heavy atom. The van der Waals surface area contributed by atoms with Crippen LogP contribution < -0.4 is 5.32 Å². The summed E-state index contributed by atoms with van der Waals surface area (Å²) >= 11 is 1.36. The smallest absolute Gasteiger partial charge is 0.126 e. The summed E-state index contributed by atoms with van der Waals surface area (Å²) in [6.45, 7) is 4.72. The van der Waals surface area contributed by atoms with Crippen molar-refractivity contribution in [1.29, 1.82) is 0 Å². The number of pyridine rings is 1. The molecule has 0 unspecified atom stereocenters. The maximum absolute atomic E-state index is 4.38. The number of hydrogen-bond donors (Lipinski definition) is 1. The molecule has 4 nitrogen and oxygen atoms in total. The van der Waals surface area contributed by atoms with E-state index in [2.05, 4.69) is 32.9 Å². The molecular formula is C10H12N4S. The molecule has 0 amide bonds. The van der Waals surface area contributed by atoms with Crippen LogP contribution in [0.25, 0.3) is 0 Å². The Morgan fingerprint density at radius 3 is 2.87 bits per heavy atom. The van der Waals surface area contributed by atoms with E-state index in [0.717, 1.165) is 17.2 Å². The predicted octanol–water partition coefficient (Wildman–Crippen LogP) is 2.16. The second kappa shape index (κ2) is 4.35. The van der Waals surface area contributed by atoms with Gasteiger partial charge in [-0.25, -0.2) is 4.98 Å². The van der Waals surface area contributed by atoms with Gasteiger partial charge in [-0.15, -0.1) is 5.10 Å². The fourth-order valence-electron chi connectivity index (χ4n) is 1.37. The third-order valence-electron chi connectivity index (χ3n) is 1.95. The lowest BCUT2D eigenvalue weighted by atomic mass is 10.2. The van der Waals surface area contributed by atoms with Crippen LogP contribution in [0.3, 0.4) is 0 Å². The zero-order chi connectivity index (χ0) is 10.7. The summed E-state index contributed by atoms with van der Waals surface area (Å²) in [5, 5.41) is 9.10. The zero-order valence-electron chi connectivity index (χ0n) is 8.69. The van der Waals surface area contributed by atoms with Crippen LogP contribution in [-0.2, 0) is 6.54 Å². The van der Waals surface area contributed by atoms with Crippen LogP contribution in [-0.4, -0.2) is 14.6 Å². The van der Waals surface area contributed by atoms with Crippen LogP contribution in [0.2, 0.25) is 0 Å². The van der Waals surface area contributed by atoms with Gasteiger partial charge >= 0.3 is 0 Å². The number of rotatable bonds is 3. The Morgan fingerprint density at radius 2 is 2.20 bits per heavy atom. The molecule has 0 aromatic carbocycles. The van der Waals surface area contributed by atoms with Crippen molar-refractivity contribution in [1.82, 2.24) is 14.6 Å². The third kappa shape index (κ3) is 2.73. The molecule has 2 aromatic heterocycles. The summed E-state index contributed by atoms with van der Waals surface area (Å²) in [6, 6.07) is 4.07. The van der Waals surface area contributed by atoms with E-state index in [9.17, 15) is 0 Å². The second-order valence-electron chi connectivity index (χ2n) is 3.42. The van der Waals surface area contributed by atoms with Gasteiger partial charge in [-0.1, -0.05) is 4.49 Å². The number of aromatic nitrogens is 3. The van der Waals surface area contributed by atoms with E-state index < -0.39 is 0 Å². The van der Waals surface area contributed by atoms with Crippen molar-refractivity contribution < 1.29 is 0 Å². The monoisotopic (exact) mass is 220 g/mol. The molecule has 5 heteroatoms. The minimum absolute atomic E-state index is 0.673. The van der Waals surface area contributed by atoms with Gasteiger partial charge in [0, 0.05) is 11.1 Å². The molecule has 15 heavy (non-hydrogen) atoms. The molecule has 0 spiro atoms. The minimum Gasteiger partial charge on any atom is -0.364 e. The highest BCUT2D eigenvalue weighted by molar-refractivity contribution is 7.03. The highest BCUT2D eigenvalue weighted by atomic mass is 32.1. The molecule has 0 saturated heterocycles. The molecule has 0 aliphatic heterocycles. The van der Waals surface area contributed by atoms with Gasteiger partial charge < -0.3 is 5.32 Å². The third-order valence-corrected chi connectivity index (χ3v) is 2.51. The first-order chi connectivity index (χ1) is 7.24. The molecule has 0 aliphatic rings. The van der Waals surface area contributed by atoms with Crippen molar-refractivity contribution in [3.05, 3.63) is 34.5 Å². The van der Waals surface area contributed by atoms with Crippen molar-refractivity contribution in [3.63, 3.8) is 0 Å². The molecule has 2 aromatic rings. The van der Waals surface area contributed by atoms with Gasteiger partial charge in [0.15, 0.2) is 0 Å². The Balaban J connectivity index is 2.05. The molecule has 0 fully saturated rings. The first kappa shape index (κ1) is 10.0. The number of nitrogens with one attached hydrogen (secondary N) is 1. The van der Waals surface area contributed by atoms with Crippen molar-refractivity contribution in [2.45, 2.75) is 20.4 Å². The fourth-order valence-corrected chi connectivity index (χ4v) is 1.83. The predicted molar refractivity (Wildman–Crippen MR) is 60.9 cm³/mol. The van der Waals surface area contributed by atoms with Gasteiger partial charge in [-0.2, -0.15) is 0 Å². The summed E-state index contributed by atoms with van der Waals surface area (Å²) in [5.74, 6) is 0.889. The lowest BCUT2D eigenvalue weighted by Gasteiger charge is -2.05. The van der Waals surface area contributed by atoms with E-state index in [1.54, 1.807) is 0 Å². The largest absolute Gasteiger partial charge is 0.364 e. The maximum Gasteiger partial charge on any atom is 0.126 e. The van der Waals surface area contributed by atoms with E-state index in [4.69, 9.17) is 0 Å². The van der Waals surface area contributed by atoms with Gasteiger partial charge in [0.05, 0.1) is 12.2 Å². The lowest BCUT2D eigenvalue weighted by molar-refractivity contribution is 0.984. The van der Waals surface area contributed by atoms with Crippen LogP contribution in [0.5, 0.6) is 0 Å². The summed E-state index contributed by atoms with van der Waals surface area (Å²) < 4.78 is 3.80. The van der Waals surface area contributed by atoms with Crippen LogP contribution in [0, 0.1) is 13.8 Å². The summed E-state index contributed by atoms with van der Waals surface area (Å²) in [4.78, 5) is 4.38. The van der Waals surface area contributed by atoms with E-state index >= 15 is 0 Å². The average molecular weight is 220 g/mol. The fraction of sp³-hybridized carbons (Fsp3) is 0.300. The number of nitrogens with zero attached hydrogens (tertiary/aromatic N) is 3. The van der Waals surface area contributed by atoms with Gasteiger partial charge in [0.1, 0.15) is 5.82 Å². The molecule has 1 N–H and O–H groups in total. The molecule has 0 saturated carbocycles. The molecule has 2 heterocycles. The standard InChI is InChI=1S/C10H12N4S/c1-7-3-8(2)12-10(4-7)11-5-9-6-15-14-13-9/h3-4,6H,5H2,1-2H3,(H,11,12). The van der Waals surface area contributed by atoms with Crippen molar-refractivity contribution in [2.75, 3.05) is 5.32 Å². The van der Waals surface area contributed by atoms with Gasteiger partial charge in [-0.3, -0.25) is 0 Å². The summed E-state index contributed by atoms with van der Waals surface area (Å²) in [6.07, 6.45) is 0. The van der Waals surface area contributed by atoms with Crippen LogP contribution in [0.4, 0.5) is 5.82 Å². The SMILES string of the molecule is Cc1cc(C)nc(NCc2csnn2)c1. The Hall–Kier alpha value is -1.49. The molecule has 0 bridgehead atoms. The van der Waals surface area contributed by atoms with E-state index in [-0.39, 0.29) is 0 Å². The van der Waals surface area contributed by atoms with Crippen molar-refractivity contribution >= 4 is 17.4 Å². The lowest BCUT2D eigenvalue weighted by Crippen LogP contribution is -2.02. The van der Waals surface area contributed by atoms with Crippen molar-refractivity contribution in [2.24, 2.45) is 0 Å². The van der Waals surface area contributed by atoms with Crippen LogP contribution in [0.15, 0.2) is 17.5 Å². The van der Waals surface area contributed by atoms with Gasteiger partial charge in [0.2, 0.25) is 0 Å². The number of hydrogen-bond acceptors (Lipinski definition) is 5. The normalized spacial score (nSPS) is 10.3. The highest BCUT2D eigenvalue weighted by Crippen LogP contribution is 2.10. The molecule has 0 atom stereocenters. The molecule has 0 radical (unpaired) electrons. The molecule has 2 rings (SSSR count). The first-order valence-electron chi connectivity index (χ1n) is 4.69. The summed E-state index contributed by atoms with van der Waals surface area (Å²) in [5.41, 5.74) is 3.18. The topological polar surface area (TPSA) is 50.7 Å². The first-order valence-corrected chi connectivity index (χ1v) is 5.53. The Bertz CT molecular complexity index is 418. The minimum atomic E-state index is 0.673. The Labute approximate surface area is 92.5 Å². The number of anilines is 1. The zero-order valence-corrected chi connectivity index (χ0v) is 9.51. The summed E-state index contributed by atoms with van der Waals surface area (Å²) in [7, 11) is 0. The van der Waals surface area contributed by atoms with Crippen LogP contribution in [0.1, 0.15) is 17.0 Å². The quantitative estimate of drug-likeness (QED) is 0.861. The average Bonchev–Trinajstić information content (AvgIpc) is 2.65. The molecular weight excluding hydrogens is 208 g/mol. The van der Waals surface area contributed by atoms with E-state index in [1.807, 2.05) is 18.4 Å². The molecule has 0 aliphatic carbocycles. The second-order valence-corrected chi connectivity index (χ2v) is 4.03. The maximum atomic E-state index is 4.38. The highest BCUT2D eigenvalue weighted by Gasteiger charge is 1.99. The van der Waals surface area contributed by atoms with E-state index in [0.29, 0.717) is 6.54 Å². The number of aryl methyl sites for hydroxylation is 2. The van der Waals surface area contributed by atoms with E-state index in [1.165, 1.54) is 17.1 Å². The van der Waals surface area contributed by atoms with Crippen LogP contribution >= 0.6 is 11.5 Å². The van der Waals surface area contributed by atoms with Gasteiger partial charge in [0.25, 0.3) is 0 Å². The Kier molecular flexibility index (Phi) is 2.91. The molecule has 78 valence electrons. The van der Waals surface area contributed by atoms with Gasteiger partial charge in [-0.05, 0) is 43.1 Å².